The van der Waals surface area contributed by atoms with Gasteiger partial charge in [-0.3, -0.25) is 28.8 Å². The Kier molecular flexibility index (Phi) is 17.3. The highest BCUT2D eigenvalue weighted by atomic mass is 32.2. The minimum atomic E-state index is -1.06. The number of carbonyl (C=O) groups excluding carboxylic acids is 6. The molecule has 0 radical (unpaired) electrons. The minimum Gasteiger partial charge on any atom is -0.367 e. The second-order valence-corrected chi connectivity index (χ2v) is 23.9. The molecule has 16 nitrogen and oxygen atoms in total. The Bertz CT molecular complexity index is 2130. The maximum absolute atomic E-state index is 14.7. The number of carbonyl (C=O) groups is 6. The van der Waals surface area contributed by atoms with Crippen LogP contribution < -0.4 is 31.9 Å². The van der Waals surface area contributed by atoms with Crippen molar-refractivity contribution in [1.82, 2.24) is 51.5 Å². The van der Waals surface area contributed by atoms with Crippen LogP contribution in [0.2, 0.25) is 0 Å². The number of hydrogen-bond donors (Lipinski definition) is 6. The zero-order valence-corrected chi connectivity index (χ0v) is 44.8. The van der Waals surface area contributed by atoms with Crippen LogP contribution in [0.1, 0.15) is 90.4 Å². The van der Waals surface area contributed by atoms with Crippen molar-refractivity contribution in [2.24, 2.45) is 10.8 Å². The van der Waals surface area contributed by atoms with Gasteiger partial charge in [-0.2, -0.15) is 0 Å². The molecule has 6 N–H and O–H groups in total. The molecule has 6 amide bonds. The molecule has 0 bridgehead atoms. The summed E-state index contributed by atoms with van der Waals surface area (Å²) < 4.78 is 0. The molecule has 5 heterocycles. The van der Waals surface area contributed by atoms with Crippen molar-refractivity contribution in [2.75, 3.05) is 51.8 Å². The normalized spacial score (nSPS) is 26.9. The standard InChI is InChI=1S/C50H70N10O6S4/c1-29(51-7)43(67)53-33-19-25-69-35-27-49(3,4)39(59(35)45(33)63)41(61)55-37(31-15-11-9-12-16-31)47(65)57-21-23-58(24-22-57)48(66)38(32-17-13-10-14-18-32)56-42(62)40-50(5,6)28-36-60(40)46(64)34(20-26-70-36)54-44(68)30(2)52-8/h9-18,29-30,33-40,51-52H,19-28H2,1-8H3,(H,53,67)(H,54,68)(H,55,61)(H,56,62)/t29-,30-,33-,34-,35-,36-,37-,38-,39+,40+/m0/s1. The van der Waals surface area contributed by atoms with Crippen LogP contribution >= 0.6 is 48.0 Å². The average molecular weight is 1040 g/mol. The van der Waals surface area contributed by atoms with E-state index in [1.807, 2.05) is 77.9 Å². The van der Waals surface area contributed by atoms with E-state index >= 15 is 0 Å². The molecule has 0 spiro atoms. The highest BCUT2D eigenvalue weighted by Crippen LogP contribution is 2.48. The summed E-state index contributed by atoms with van der Waals surface area (Å²) in [6, 6.07) is 12.9. The van der Waals surface area contributed by atoms with Crippen molar-refractivity contribution >= 4 is 93.4 Å². The van der Waals surface area contributed by atoms with Crippen LogP contribution in [0.25, 0.3) is 0 Å². The van der Waals surface area contributed by atoms with E-state index in [-0.39, 0.29) is 72.6 Å². The summed E-state index contributed by atoms with van der Waals surface area (Å²) in [5.41, 5.74) is -0.0168. The number of piperazine rings is 1. The van der Waals surface area contributed by atoms with Gasteiger partial charge < -0.3 is 51.5 Å². The zero-order chi connectivity index (χ0) is 50.7. The maximum Gasteiger partial charge on any atom is 0.249 e. The molecule has 380 valence electrons. The van der Waals surface area contributed by atoms with E-state index in [2.05, 4.69) is 31.9 Å². The molecule has 5 fully saturated rings. The number of benzene rings is 2. The lowest BCUT2D eigenvalue weighted by atomic mass is 9.83. The van der Waals surface area contributed by atoms with E-state index in [0.717, 1.165) is 0 Å². The van der Waals surface area contributed by atoms with Crippen LogP contribution in [0.3, 0.4) is 0 Å². The molecule has 70 heavy (non-hydrogen) atoms. The predicted octanol–water partition coefficient (Wildman–Crippen LogP) is 3.34. The second kappa shape index (κ2) is 22.6. The summed E-state index contributed by atoms with van der Waals surface area (Å²) in [5, 5.41) is 18.5. The molecule has 7 rings (SSSR count). The first-order valence-electron chi connectivity index (χ1n) is 24.4. The van der Waals surface area contributed by atoms with Gasteiger partial charge in [0.1, 0.15) is 36.3 Å². The Morgan fingerprint density at radius 3 is 1.27 bits per heavy atom. The first kappa shape index (κ1) is 53.5. The summed E-state index contributed by atoms with van der Waals surface area (Å²) in [6.45, 7) is 12.5. The van der Waals surface area contributed by atoms with Crippen LogP contribution in [0.5, 0.6) is 0 Å². The predicted molar refractivity (Wildman–Crippen MR) is 284 cm³/mol. The molecule has 0 unspecified atom stereocenters. The number of hydrogen-bond acceptors (Lipinski definition) is 12. The van der Waals surface area contributed by atoms with Crippen molar-refractivity contribution < 1.29 is 28.8 Å². The number of thioether (sulfide) groups is 2. The fraction of sp³-hybridized carbons (Fsp3) is 0.600. The van der Waals surface area contributed by atoms with Gasteiger partial charge in [-0.15, -0.1) is 23.5 Å². The van der Waals surface area contributed by atoms with Gasteiger partial charge in [-0.1, -0.05) is 113 Å². The summed E-state index contributed by atoms with van der Waals surface area (Å²) in [5.74, 6) is -0.440. The number of fused-ring (bicyclic) bond motifs is 2. The molecule has 5 aliphatic rings. The molecule has 2 aromatic carbocycles. The summed E-state index contributed by atoms with van der Waals surface area (Å²) >= 11 is 14.6. The van der Waals surface area contributed by atoms with E-state index in [1.165, 1.54) is 0 Å². The molecule has 0 aromatic heterocycles. The van der Waals surface area contributed by atoms with E-state index in [9.17, 15) is 28.8 Å². The van der Waals surface area contributed by atoms with Gasteiger partial charge in [-0.05, 0) is 87.1 Å². The lowest BCUT2D eigenvalue weighted by Gasteiger charge is -2.39. The third-order valence-corrected chi connectivity index (χ3v) is 18.1. The van der Waals surface area contributed by atoms with Gasteiger partial charge in [0.2, 0.25) is 35.4 Å². The van der Waals surface area contributed by atoms with E-state index in [0.29, 0.717) is 58.3 Å². The number of amides is 6. The Labute approximate surface area is 432 Å². The van der Waals surface area contributed by atoms with Crippen molar-refractivity contribution in [1.29, 1.82) is 0 Å². The summed E-state index contributed by atoms with van der Waals surface area (Å²) in [6.07, 6.45) is 2.33. The van der Waals surface area contributed by atoms with Crippen molar-refractivity contribution in [3.05, 3.63) is 71.8 Å². The van der Waals surface area contributed by atoms with Crippen molar-refractivity contribution in [3.8, 4) is 0 Å². The molecular formula is C50H70N10O6S4. The van der Waals surface area contributed by atoms with Gasteiger partial charge in [0.15, 0.2) is 0 Å². The quantitative estimate of drug-likeness (QED) is 0.151. The molecule has 10 atom stereocenters. The largest absolute Gasteiger partial charge is 0.367 e. The zero-order valence-electron chi connectivity index (χ0n) is 41.5. The Morgan fingerprint density at radius 1 is 0.600 bits per heavy atom. The number of likely N-dealkylation sites (N-methyl/N-ethyl adjacent to an activating group) is 2. The Morgan fingerprint density at radius 2 is 0.943 bits per heavy atom. The third kappa shape index (κ3) is 11.5. The fourth-order valence-electron chi connectivity index (χ4n) is 10.4. The molecule has 2 aromatic rings. The number of rotatable bonds is 14. The van der Waals surface area contributed by atoms with E-state index in [1.54, 1.807) is 81.5 Å². The van der Waals surface area contributed by atoms with Gasteiger partial charge in [0, 0.05) is 26.2 Å². The molecule has 0 aliphatic carbocycles. The number of thiocarbonyl (C=S) groups is 2. The third-order valence-electron chi connectivity index (χ3n) is 14.6. The van der Waals surface area contributed by atoms with Crippen molar-refractivity contribution in [2.45, 2.75) is 126 Å². The van der Waals surface area contributed by atoms with Crippen LogP contribution in [0, 0.1) is 10.8 Å². The number of nitrogens with one attached hydrogen (secondary N) is 6. The van der Waals surface area contributed by atoms with Crippen molar-refractivity contribution in [3.63, 3.8) is 0 Å². The second-order valence-electron chi connectivity index (χ2n) is 20.4. The topological polar surface area (TPSA) is 188 Å². The van der Waals surface area contributed by atoms with E-state index in [4.69, 9.17) is 24.4 Å². The molecule has 5 saturated heterocycles. The molecule has 0 saturated carbocycles. The van der Waals surface area contributed by atoms with Crippen LogP contribution in [0.4, 0.5) is 0 Å². The molecule has 5 aliphatic heterocycles. The monoisotopic (exact) mass is 1030 g/mol. The lowest BCUT2D eigenvalue weighted by molar-refractivity contribution is -0.147. The first-order chi connectivity index (χ1) is 33.3. The summed E-state index contributed by atoms with van der Waals surface area (Å²) in [4.78, 5) is 95.6. The Hall–Kier alpha value is -4.34. The van der Waals surface area contributed by atoms with Crippen LogP contribution in [-0.4, -0.2) is 164 Å². The first-order valence-corrected chi connectivity index (χ1v) is 27.3. The van der Waals surface area contributed by atoms with Crippen LogP contribution in [-0.2, 0) is 28.8 Å². The van der Waals surface area contributed by atoms with Gasteiger partial charge in [0.25, 0.3) is 0 Å². The smallest absolute Gasteiger partial charge is 0.249 e. The van der Waals surface area contributed by atoms with Crippen LogP contribution in [0.15, 0.2) is 60.7 Å². The minimum absolute atomic E-state index is 0.142. The Balaban J connectivity index is 1.06. The number of nitrogens with zero attached hydrogens (tertiary/aromatic N) is 4. The molecule has 20 heteroatoms. The van der Waals surface area contributed by atoms with Gasteiger partial charge in [-0.25, -0.2) is 0 Å². The molecular weight excluding hydrogens is 965 g/mol. The highest BCUT2D eigenvalue weighted by molar-refractivity contribution is 8.00. The highest BCUT2D eigenvalue weighted by Gasteiger charge is 2.56. The summed E-state index contributed by atoms with van der Waals surface area (Å²) in [7, 11) is 3.61. The SMILES string of the molecule is CN[C@@H](C)C(=S)N[C@H]1CCS[C@H]2CC(C)(C)[C@@H](C(=O)N[C@H](C(=O)N3CCN(C(=O)[C@@H](NC(=O)[C@H]4N5C(=O)[C@@H](NC(=S)[C@H](C)NC)CCS[C@H]5CC4(C)C)c4ccccc4)CC3)c3ccccc3)N2C1=O. The van der Waals surface area contributed by atoms with Gasteiger partial charge in [0.05, 0.1) is 32.8 Å². The van der Waals surface area contributed by atoms with E-state index < -0.39 is 58.9 Å². The lowest BCUT2D eigenvalue weighted by Crippen LogP contribution is -2.60. The average Bonchev–Trinajstić information content (AvgIpc) is 3.67. The van der Waals surface area contributed by atoms with Gasteiger partial charge >= 0.3 is 0 Å². The maximum atomic E-state index is 14.7. The fourth-order valence-corrected chi connectivity index (χ4v) is 14.1.